The summed E-state index contributed by atoms with van der Waals surface area (Å²) in [7, 11) is -3.50. The third-order valence-electron chi connectivity index (χ3n) is 4.36. The molecule has 1 saturated heterocycles. The van der Waals surface area contributed by atoms with E-state index in [0.29, 0.717) is 26.3 Å². The number of thiazole rings is 1. The van der Waals surface area contributed by atoms with E-state index in [1.54, 1.807) is 42.5 Å². The van der Waals surface area contributed by atoms with Gasteiger partial charge in [0.2, 0.25) is 10.0 Å². The van der Waals surface area contributed by atoms with Gasteiger partial charge in [0.05, 0.1) is 23.8 Å². The van der Waals surface area contributed by atoms with Crippen molar-refractivity contribution in [3.05, 3.63) is 53.9 Å². The minimum absolute atomic E-state index is 0.196. The summed E-state index contributed by atoms with van der Waals surface area (Å²) in [5, 5.41) is 12.3. The quantitative estimate of drug-likeness (QED) is 0.725. The molecule has 0 amide bonds. The Balaban J connectivity index is 1.58. The molecule has 0 atom stereocenters. The van der Waals surface area contributed by atoms with E-state index in [4.69, 9.17) is 4.74 Å². The SMILES string of the molecule is O=S(=O)(c1ccc(-c2csc(-c3cccc(O)c3)n2)cc1)N1CCOCC1. The predicted octanol–water partition coefficient (Wildman–Crippen LogP) is 3.20. The average molecular weight is 402 g/mol. The van der Waals surface area contributed by atoms with Crippen molar-refractivity contribution < 1.29 is 18.3 Å². The summed E-state index contributed by atoms with van der Waals surface area (Å²) in [5.74, 6) is 0.196. The average Bonchev–Trinajstić information content (AvgIpc) is 3.19. The number of rotatable bonds is 4. The zero-order valence-electron chi connectivity index (χ0n) is 14.4. The van der Waals surface area contributed by atoms with Crippen LogP contribution in [0.15, 0.2) is 58.8 Å². The number of phenolic OH excluding ortho intramolecular Hbond substituents is 1. The van der Waals surface area contributed by atoms with Gasteiger partial charge in [-0.2, -0.15) is 4.31 Å². The van der Waals surface area contributed by atoms with Crippen molar-refractivity contribution in [2.45, 2.75) is 4.90 Å². The molecule has 1 fully saturated rings. The molecule has 8 heteroatoms. The third-order valence-corrected chi connectivity index (χ3v) is 7.16. The Morgan fingerprint density at radius 3 is 2.48 bits per heavy atom. The van der Waals surface area contributed by atoms with Gasteiger partial charge in [0.1, 0.15) is 10.8 Å². The second-order valence-electron chi connectivity index (χ2n) is 6.13. The molecule has 140 valence electrons. The molecule has 3 aromatic rings. The molecule has 6 nitrogen and oxygen atoms in total. The van der Waals surface area contributed by atoms with Gasteiger partial charge in [-0.05, 0) is 24.3 Å². The summed E-state index contributed by atoms with van der Waals surface area (Å²) < 4.78 is 32.1. The van der Waals surface area contributed by atoms with Gasteiger partial charge in [0.25, 0.3) is 0 Å². The second-order valence-corrected chi connectivity index (χ2v) is 8.93. The monoisotopic (exact) mass is 402 g/mol. The van der Waals surface area contributed by atoms with Gasteiger partial charge in [-0.15, -0.1) is 11.3 Å². The topological polar surface area (TPSA) is 79.7 Å². The van der Waals surface area contributed by atoms with Crippen LogP contribution in [0.25, 0.3) is 21.8 Å². The molecule has 0 radical (unpaired) electrons. The van der Waals surface area contributed by atoms with E-state index in [1.165, 1.54) is 15.6 Å². The van der Waals surface area contributed by atoms with Crippen LogP contribution in [0.1, 0.15) is 0 Å². The molecule has 1 N–H and O–H groups in total. The van der Waals surface area contributed by atoms with Crippen LogP contribution in [-0.4, -0.2) is 49.1 Å². The highest BCUT2D eigenvalue weighted by atomic mass is 32.2. The standard InChI is InChI=1S/C19H18N2O4S2/c22-16-3-1-2-15(12-16)19-20-18(13-26-19)14-4-6-17(7-5-14)27(23,24)21-8-10-25-11-9-21/h1-7,12-13,22H,8-11H2. The molecule has 0 saturated carbocycles. The fraction of sp³-hybridized carbons (Fsp3) is 0.211. The van der Waals surface area contributed by atoms with Crippen LogP contribution in [0, 0.1) is 0 Å². The Kier molecular flexibility index (Phi) is 4.96. The molecule has 0 spiro atoms. The molecule has 2 heterocycles. The fourth-order valence-electron chi connectivity index (χ4n) is 2.91. The first-order valence-corrected chi connectivity index (χ1v) is 10.8. The van der Waals surface area contributed by atoms with Crippen LogP contribution in [0.5, 0.6) is 5.75 Å². The van der Waals surface area contributed by atoms with Crippen LogP contribution >= 0.6 is 11.3 Å². The predicted molar refractivity (Wildman–Crippen MR) is 104 cm³/mol. The Morgan fingerprint density at radius 2 is 1.78 bits per heavy atom. The molecule has 1 aromatic heterocycles. The summed E-state index contributed by atoms with van der Waals surface area (Å²) in [6, 6.07) is 13.7. The van der Waals surface area contributed by atoms with Gasteiger partial charge in [-0.1, -0.05) is 24.3 Å². The Morgan fingerprint density at radius 1 is 1.04 bits per heavy atom. The van der Waals surface area contributed by atoms with E-state index in [-0.39, 0.29) is 10.6 Å². The molecule has 2 aromatic carbocycles. The normalized spacial score (nSPS) is 15.7. The third kappa shape index (κ3) is 3.74. The van der Waals surface area contributed by atoms with Crippen molar-refractivity contribution in [1.82, 2.24) is 9.29 Å². The summed E-state index contributed by atoms with van der Waals surface area (Å²) in [5.41, 5.74) is 2.46. The first-order valence-electron chi connectivity index (χ1n) is 8.47. The molecule has 0 aliphatic carbocycles. The number of hydrogen-bond acceptors (Lipinski definition) is 6. The van der Waals surface area contributed by atoms with Gasteiger partial charge in [-0.3, -0.25) is 0 Å². The van der Waals surface area contributed by atoms with E-state index >= 15 is 0 Å². The van der Waals surface area contributed by atoms with Gasteiger partial charge >= 0.3 is 0 Å². The molecular weight excluding hydrogens is 384 g/mol. The Bertz CT molecular complexity index is 1040. The van der Waals surface area contributed by atoms with Crippen LogP contribution < -0.4 is 0 Å². The van der Waals surface area contributed by atoms with Gasteiger partial charge in [-0.25, -0.2) is 13.4 Å². The number of nitrogens with zero attached hydrogens (tertiary/aromatic N) is 2. The van der Waals surface area contributed by atoms with Crippen molar-refractivity contribution in [2.24, 2.45) is 0 Å². The van der Waals surface area contributed by atoms with Gasteiger partial charge in [0.15, 0.2) is 0 Å². The fourth-order valence-corrected chi connectivity index (χ4v) is 5.15. The highest BCUT2D eigenvalue weighted by Gasteiger charge is 2.26. The van der Waals surface area contributed by atoms with Crippen molar-refractivity contribution in [3.8, 4) is 27.6 Å². The van der Waals surface area contributed by atoms with Crippen molar-refractivity contribution >= 4 is 21.4 Å². The lowest BCUT2D eigenvalue weighted by Crippen LogP contribution is -2.40. The molecule has 4 rings (SSSR count). The van der Waals surface area contributed by atoms with Crippen LogP contribution in [0.2, 0.25) is 0 Å². The summed E-state index contributed by atoms with van der Waals surface area (Å²) in [6.07, 6.45) is 0. The Labute approximate surface area is 161 Å². The largest absolute Gasteiger partial charge is 0.508 e. The molecule has 0 unspecified atom stereocenters. The number of hydrogen-bond donors (Lipinski definition) is 1. The first-order chi connectivity index (χ1) is 13.0. The summed E-state index contributed by atoms with van der Waals surface area (Å²) >= 11 is 1.48. The number of phenols is 1. The van der Waals surface area contributed by atoms with E-state index in [2.05, 4.69) is 4.98 Å². The van der Waals surface area contributed by atoms with Crippen molar-refractivity contribution in [3.63, 3.8) is 0 Å². The van der Waals surface area contributed by atoms with Crippen molar-refractivity contribution in [1.29, 1.82) is 0 Å². The molecule has 27 heavy (non-hydrogen) atoms. The first kappa shape index (κ1) is 18.1. The maximum atomic E-state index is 12.7. The molecule has 1 aliphatic heterocycles. The molecule has 1 aliphatic rings. The lowest BCUT2D eigenvalue weighted by molar-refractivity contribution is 0.0730. The minimum atomic E-state index is -3.50. The highest BCUT2D eigenvalue weighted by molar-refractivity contribution is 7.89. The van der Waals surface area contributed by atoms with E-state index in [1.807, 2.05) is 11.4 Å². The number of benzene rings is 2. The maximum absolute atomic E-state index is 12.7. The lowest BCUT2D eigenvalue weighted by Gasteiger charge is -2.26. The lowest BCUT2D eigenvalue weighted by atomic mass is 10.2. The number of sulfonamides is 1. The minimum Gasteiger partial charge on any atom is -0.508 e. The molecule has 0 bridgehead atoms. The van der Waals surface area contributed by atoms with Gasteiger partial charge < -0.3 is 9.84 Å². The number of aromatic hydroxyl groups is 1. The second kappa shape index (κ2) is 7.40. The van der Waals surface area contributed by atoms with Crippen LogP contribution in [0.4, 0.5) is 0 Å². The van der Waals surface area contributed by atoms with Crippen LogP contribution in [-0.2, 0) is 14.8 Å². The van der Waals surface area contributed by atoms with Gasteiger partial charge in [0, 0.05) is 29.6 Å². The number of ether oxygens (including phenoxy) is 1. The number of morpholine rings is 1. The zero-order chi connectivity index (χ0) is 18.9. The Hall–Kier alpha value is -2.26. The van der Waals surface area contributed by atoms with E-state index < -0.39 is 10.0 Å². The molecular formula is C19H18N2O4S2. The number of aromatic nitrogens is 1. The highest BCUT2D eigenvalue weighted by Crippen LogP contribution is 2.31. The smallest absolute Gasteiger partial charge is 0.243 e. The summed E-state index contributed by atoms with van der Waals surface area (Å²) in [4.78, 5) is 4.88. The van der Waals surface area contributed by atoms with E-state index in [9.17, 15) is 13.5 Å². The van der Waals surface area contributed by atoms with E-state index in [0.717, 1.165) is 21.8 Å². The summed E-state index contributed by atoms with van der Waals surface area (Å²) in [6.45, 7) is 1.61. The van der Waals surface area contributed by atoms with Crippen LogP contribution in [0.3, 0.4) is 0 Å². The maximum Gasteiger partial charge on any atom is 0.243 e. The van der Waals surface area contributed by atoms with Crippen molar-refractivity contribution in [2.75, 3.05) is 26.3 Å². The zero-order valence-corrected chi connectivity index (χ0v) is 16.0.